The van der Waals surface area contributed by atoms with E-state index in [1.165, 1.54) is 19.2 Å². The van der Waals surface area contributed by atoms with Crippen LogP contribution in [0.15, 0.2) is 46.3 Å². The van der Waals surface area contributed by atoms with Gasteiger partial charge in [0.15, 0.2) is 5.76 Å². The number of aliphatic hydroxyl groups excluding tert-OH is 1. The maximum absolute atomic E-state index is 11.5. The summed E-state index contributed by atoms with van der Waals surface area (Å²) in [6.07, 6.45) is 1.56. The Bertz CT molecular complexity index is 695. The molecule has 2 N–H and O–H groups in total. The molecular weight excluding hydrogens is 274 g/mol. The predicted molar refractivity (Wildman–Crippen MR) is 76.2 cm³/mol. The van der Waals surface area contributed by atoms with E-state index in [0.29, 0.717) is 11.3 Å². The first-order valence-electron chi connectivity index (χ1n) is 6.06. The largest absolute Gasteiger partial charge is 0.505 e. The molecule has 0 aliphatic carbocycles. The standard InChI is InChI=1S/C15H13NO5/c1-8-12(15(20)21-2)13(17)11(16-8)7-9-3-5-10(6-4-9)14(18)19/h3-7,17H,1-2H3,(H,18,19)/b11-7-. The summed E-state index contributed by atoms with van der Waals surface area (Å²) >= 11 is 0. The molecule has 6 nitrogen and oxygen atoms in total. The minimum absolute atomic E-state index is 0.0332. The van der Waals surface area contributed by atoms with E-state index in [1.54, 1.807) is 25.1 Å². The van der Waals surface area contributed by atoms with Crippen molar-refractivity contribution in [2.45, 2.75) is 6.92 Å². The van der Waals surface area contributed by atoms with Crippen LogP contribution in [0.25, 0.3) is 6.08 Å². The molecule has 0 amide bonds. The average Bonchev–Trinajstić information content (AvgIpc) is 2.73. The number of carboxylic acids is 1. The normalized spacial score (nSPS) is 16.1. The van der Waals surface area contributed by atoms with Crippen molar-refractivity contribution >= 4 is 23.7 Å². The number of benzene rings is 1. The fraction of sp³-hybridized carbons (Fsp3) is 0.133. The molecule has 0 aromatic heterocycles. The van der Waals surface area contributed by atoms with Crippen LogP contribution in [0.5, 0.6) is 0 Å². The van der Waals surface area contributed by atoms with Gasteiger partial charge in [-0.2, -0.15) is 0 Å². The van der Waals surface area contributed by atoms with Crippen molar-refractivity contribution in [1.82, 2.24) is 0 Å². The van der Waals surface area contributed by atoms with Crippen molar-refractivity contribution in [3.63, 3.8) is 0 Å². The zero-order valence-electron chi connectivity index (χ0n) is 11.5. The molecule has 108 valence electrons. The molecule has 0 atom stereocenters. The second-order valence-corrected chi connectivity index (χ2v) is 4.37. The van der Waals surface area contributed by atoms with Gasteiger partial charge in [0.1, 0.15) is 11.3 Å². The molecule has 0 radical (unpaired) electrons. The van der Waals surface area contributed by atoms with E-state index in [4.69, 9.17) is 5.11 Å². The van der Waals surface area contributed by atoms with Crippen LogP contribution in [0, 0.1) is 0 Å². The molecule has 21 heavy (non-hydrogen) atoms. The van der Waals surface area contributed by atoms with E-state index in [0.717, 1.165) is 0 Å². The number of esters is 1. The summed E-state index contributed by atoms with van der Waals surface area (Å²) in [5.74, 6) is -1.92. The number of hydrogen-bond donors (Lipinski definition) is 2. The van der Waals surface area contributed by atoms with Crippen molar-refractivity contribution in [2.75, 3.05) is 7.11 Å². The quantitative estimate of drug-likeness (QED) is 0.831. The first-order chi connectivity index (χ1) is 9.93. The SMILES string of the molecule is COC(=O)C1=C(O)/C(=C/c2ccc(C(=O)O)cc2)N=C1C. The molecule has 1 aliphatic rings. The van der Waals surface area contributed by atoms with Gasteiger partial charge in [-0.05, 0) is 30.7 Å². The van der Waals surface area contributed by atoms with Crippen molar-refractivity contribution < 1.29 is 24.5 Å². The summed E-state index contributed by atoms with van der Waals surface area (Å²) < 4.78 is 4.59. The van der Waals surface area contributed by atoms with Gasteiger partial charge in [0.2, 0.25) is 0 Å². The lowest BCUT2D eigenvalue weighted by Gasteiger charge is -2.01. The zero-order chi connectivity index (χ0) is 15.6. The number of carbonyl (C=O) groups is 2. The molecule has 6 heteroatoms. The maximum Gasteiger partial charge on any atom is 0.343 e. The van der Waals surface area contributed by atoms with Crippen LogP contribution in [0.4, 0.5) is 0 Å². The van der Waals surface area contributed by atoms with Gasteiger partial charge in [-0.3, -0.25) is 0 Å². The fourth-order valence-electron chi connectivity index (χ4n) is 1.92. The topological polar surface area (TPSA) is 96.2 Å². The number of aliphatic hydroxyl groups is 1. The monoisotopic (exact) mass is 287 g/mol. The number of aromatic carboxylic acids is 1. The minimum Gasteiger partial charge on any atom is -0.505 e. The number of hydrogen-bond acceptors (Lipinski definition) is 5. The summed E-state index contributed by atoms with van der Waals surface area (Å²) in [5.41, 5.74) is 1.46. The zero-order valence-corrected chi connectivity index (χ0v) is 11.5. The highest BCUT2D eigenvalue weighted by Gasteiger charge is 2.27. The van der Waals surface area contributed by atoms with Crippen LogP contribution in [-0.2, 0) is 9.53 Å². The lowest BCUT2D eigenvalue weighted by molar-refractivity contribution is -0.135. The van der Waals surface area contributed by atoms with E-state index in [-0.39, 0.29) is 22.6 Å². The smallest absolute Gasteiger partial charge is 0.343 e. The molecule has 0 saturated heterocycles. The van der Waals surface area contributed by atoms with Gasteiger partial charge in [0.05, 0.1) is 18.4 Å². The Labute approximate surface area is 120 Å². The molecule has 0 spiro atoms. The van der Waals surface area contributed by atoms with Crippen molar-refractivity contribution in [1.29, 1.82) is 0 Å². The van der Waals surface area contributed by atoms with Crippen molar-refractivity contribution in [3.05, 3.63) is 52.4 Å². The van der Waals surface area contributed by atoms with Gasteiger partial charge < -0.3 is 14.9 Å². The Kier molecular flexibility index (Phi) is 3.89. The number of aliphatic imine (C=N–C) groups is 1. The third-order valence-corrected chi connectivity index (χ3v) is 2.98. The van der Waals surface area contributed by atoms with E-state index in [9.17, 15) is 14.7 Å². The predicted octanol–water partition coefficient (Wildman–Crippen LogP) is 2.19. The van der Waals surface area contributed by atoms with E-state index < -0.39 is 11.9 Å². The number of rotatable bonds is 3. The number of methoxy groups -OCH3 is 1. The van der Waals surface area contributed by atoms with E-state index >= 15 is 0 Å². The van der Waals surface area contributed by atoms with Gasteiger partial charge in [-0.15, -0.1) is 0 Å². The van der Waals surface area contributed by atoms with Gasteiger partial charge in [0, 0.05) is 0 Å². The Morgan fingerprint density at radius 1 is 1.24 bits per heavy atom. The maximum atomic E-state index is 11.5. The number of carbonyl (C=O) groups excluding carboxylic acids is 1. The van der Waals surface area contributed by atoms with Crippen LogP contribution in [-0.4, -0.2) is 35.0 Å². The Hall–Kier alpha value is -2.89. The summed E-state index contributed by atoms with van der Waals surface area (Å²) in [6, 6.07) is 6.07. The summed E-state index contributed by atoms with van der Waals surface area (Å²) in [5, 5.41) is 18.9. The third kappa shape index (κ3) is 2.84. The highest BCUT2D eigenvalue weighted by molar-refractivity contribution is 6.21. The number of carboxylic acid groups (broad SMARTS) is 1. The van der Waals surface area contributed by atoms with Crippen LogP contribution in [0.3, 0.4) is 0 Å². The summed E-state index contributed by atoms with van der Waals surface area (Å²) in [4.78, 5) is 26.4. The highest BCUT2D eigenvalue weighted by Crippen LogP contribution is 2.26. The van der Waals surface area contributed by atoms with Crippen LogP contribution in [0.2, 0.25) is 0 Å². The molecule has 1 aromatic rings. The fourth-order valence-corrected chi connectivity index (χ4v) is 1.92. The Morgan fingerprint density at radius 3 is 2.38 bits per heavy atom. The van der Waals surface area contributed by atoms with Gasteiger partial charge in [-0.1, -0.05) is 12.1 Å². The number of nitrogens with zero attached hydrogens (tertiary/aromatic N) is 1. The highest BCUT2D eigenvalue weighted by atomic mass is 16.5. The minimum atomic E-state index is -1.01. The molecule has 0 saturated carbocycles. The first-order valence-corrected chi connectivity index (χ1v) is 6.06. The average molecular weight is 287 g/mol. The lowest BCUT2D eigenvalue weighted by Crippen LogP contribution is -2.11. The Balaban J connectivity index is 2.36. The molecule has 0 bridgehead atoms. The summed E-state index contributed by atoms with van der Waals surface area (Å²) in [7, 11) is 1.22. The van der Waals surface area contributed by atoms with E-state index in [2.05, 4.69) is 9.73 Å². The van der Waals surface area contributed by atoms with Crippen molar-refractivity contribution in [2.24, 2.45) is 4.99 Å². The molecular formula is C15H13NO5. The lowest BCUT2D eigenvalue weighted by atomic mass is 10.1. The molecule has 1 aromatic carbocycles. The summed E-state index contributed by atoms with van der Waals surface area (Å²) in [6.45, 7) is 1.59. The van der Waals surface area contributed by atoms with Gasteiger partial charge in [0.25, 0.3) is 0 Å². The molecule has 1 aliphatic heterocycles. The molecule has 1 heterocycles. The molecule has 0 fully saturated rings. The third-order valence-electron chi connectivity index (χ3n) is 2.98. The van der Waals surface area contributed by atoms with E-state index in [1.807, 2.05) is 0 Å². The second kappa shape index (κ2) is 5.62. The van der Waals surface area contributed by atoms with Gasteiger partial charge >= 0.3 is 11.9 Å². The second-order valence-electron chi connectivity index (χ2n) is 4.37. The molecule has 2 rings (SSSR count). The number of ether oxygens (including phenoxy) is 1. The van der Waals surface area contributed by atoms with Crippen molar-refractivity contribution in [3.8, 4) is 0 Å². The van der Waals surface area contributed by atoms with Crippen LogP contribution in [0.1, 0.15) is 22.8 Å². The first kappa shape index (κ1) is 14.5. The Morgan fingerprint density at radius 2 is 1.86 bits per heavy atom. The van der Waals surface area contributed by atoms with Gasteiger partial charge in [-0.25, -0.2) is 14.6 Å². The van der Waals surface area contributed by atoms with Crippen LogP contribution >= 0.6 is 0 Å². The van der Waals surface area contributed by atoms with Crippen LogP contribution < -0.4 is 0 Å². The molecule has 0 unspecified atom stereocenters.